The minimum absolute atomic E-state index is 0.247. The third kappa shape index (κ3) is 3.68. The minimum Gasteiger partial charge on any atom is -0.377 e. The maximum Gasteiger partial charge on any atom is 0.237 e. The fourth-order valence-corrected chi connectivity index (χ4v) is 2.81. The second kappa shape index (κ2) is 5.77. The van der Waals surface area contributed by atoms with Gasteiger partial charge in [0, 0.05) is 25.2 Å². The molecule has 1 aliphatic heterocycles. The normalized spacial score (nSPS) is 30.5. The van der Waals surface area contributed by atoms with Crippen molar-refractivity contribution in [3.8, 4) is 0 Å². The number of hydrogen-bond acceptors (Lipinski definition) is 4. The number of ether oxygens (including phenoxy) is 1. The highest BCUT2D eigenvalue weighted by atomic mass is 16.5. The summed E-state index contributed by atoms with van der Waals surface area (Å²) in [5, 5.41) is 3.39. The van der Waals surface area contributed by atoms with E-state index in [0.29, 0.717) is 12.1 Å². The number of amides is 1. The fraction of sp³-hybridized carbons (Fsp3) is 0.929. The Morgan fingerprint density at radius 3 is 2.63 bits per heavy atom. The molecule has 0 aromatic carbocycles. The van der Waals surface area contributed by atoms with Crippen LogP contribution in [-0.4, -0.2) is 54.7 Å². The highest BCUT2D eigenvalue weighted by molar-refractivity contribution is 5.84. The van der Waals surface area contributed by atoms with Gasteiger partial charge in [-0.15, -0.1) is 0 Å². The number of carbonyl (C=O) groups excluding carboxylic acids is 1. The molecule has 0 spiro atoms. The Labute approximate surface area is 115 Å². The van der Waals surface area contributed by atoms with Crippen LogP contribution in [0.15, 0.2) is 0 Å². The first-order chi connectivity index (χ1) is 8.92. The lowest BCUT2D eigenvalue weighted by atomic mass is 9.95. The molecule has 0 aromatic rings. The van der Waals surface area contributed by atoms with Crippen molar-refractivity contribution < 1.29 is 9.53 Å². The zero-order valence-electron chi connectivity index (χ0n) is 12.3. The number of primary amides is 1. The number of hydrogen-bond donors (Lipinski definition) is 2. The van der Waals surface area contributed by atoms with Crippen LogP contribution in [0.2, 0.25) is 0 Å². The average Bonchev–Trinajstić information content (AvgIpc) is 3.05. The molecule has 5 heteroatoms. The van der Waals surface area contributed by atoms with Gasteiger partial charge in [0.2, 0.25) is 5.91 Å². The lowest BCUT2D eigenvalue weighted by Crippen LogP contribution is -2.55. The Morgan fingerprint density at radius 1 is 1.47 bits per heavy atom. The van der Waals surface area contributed by atoms with Gasteiger partial charge in [0.1, 0.15) is 0 Å². The molecule has 1 amide bonds. The zero-order valence-corrected chi connectivity index (χ0v) is 12.3. The lowest BCUT2D eigenvalue weighted by molar-refractivity contribution is -0.124. The van der Waals surface area contributed by atoms with E-state index < -0.39 is 5.54 Å². The third-order valence-corrected chi connectivity index (χ3v) is 4.51. The van der Waals surface area contributed by atoms with Gasteiger partial charge in [-0.3, -0.25) is 4.79 Å². The predicted octanol–water partition coefficient (Wildman–Crippen LogP) is 0.482. The number of carbonyl (C=O) groups is 1. The second-order valence-corrected chi connectivity index (χ2v) is 6.28. The van der Waals surface area contributed by atoms with Crippen molar-refractivity contribution in [1.82, 2.24) is 10.2 Å². The first-order valence-corrected chi connectivity index (χ1v) is 7.32. The van der Waals surface area contributed by atoms with Crippen LogP contribution in [0, 0.1) is 0 Å². The molecule has 5 nitrogen and oxygen atoms in total. The lowest BCUT2D eigenvalue weighted by Gasteiger charge is -2.32. The van der Waals surface area contributed by atoms with Gasteiger partial charge in [0.25, 0.3) is 0 Å². The molecule has 2 aliphatic rings. The fourth-order valence-electron chi connectivity index (χ4n) is 2.81. The van der Waals surface area contributed by atoms with E-state index in [-0.39, 0.29) is 12.0 Å². The molecule has 1 saturated heterocycles. The maximum absolute atomic E-state index is 11.7. The molecule has 3 unspecified atom stereocenters. The molecule has 2 fully saturated rings. The van der Waals surface area contributed by atoms with E-state index in [4.69, 9.17) is 10.5 Å². The van der Waals surface area contributed by atoms with Crippen LogP contribution in [-0.2, 0) is 9.53 Å². The summed E-state index contributed by atoms with van der Waals surface area (Å²) in [5.41, 5.74) is 4.98. The molecular formula is C14H27N3O2. The van der Waals surface area contributed by atoms with Crippen molar-refractivity contribution in [3.63, 3.8) is 0 Å². The number of nitrogens with one attached hydrogen (secondary N) is 1. The van der Waals surface area contributed by atoms with Crippen molar-refractivity contribution in [1.29, 1.82) is 0 Å². The van der Waals surface area contributed by atoms with Gasteiger partial charge in [-0.2, -0.15) is 0 Å². The average molecular weight is 269 g/mol. The van der Waals surface area contributed by atoms with Gasteiger partial charge >= 0.3 is 0 Å². The standard InChI is InChI=1S/C14H27N3O2/c1-10-12(6-9-19-10)17(3)8-7-14(2,13(15)18)16-11-4-5-11/h10-12,16H,4-9H2,1-3H3,(H2,15,18). The Kier molecular flexibility index (Phi) is 4.48. The number of nitrogens with zero attached hydrogens (tertiary/aromatic N) is 1. The third-order valence-electron chi connectivity index (χ3n) is 4.51. The maximum atomic E-state index is 11.7. The van der Waals surface area contributed by atoms with Crippen molar-refractivity contribution in [2.24, 2.45) is 5.73 Å². The molecule has 1 saturated carbocycles. The van der Waals surface area contributed by atoms with E-state index in [2.05, 4.69) is 24.2 Å². The predicted molar refractivity (Wildman–Crippen MR) is 74.8 cm³/mol. The summed E-state index contributed by atoms with van der Waals surface area (Å²) in [6.45, 7) is 5.74. The van der Waals surface area contributed by atoms with Gasteiger partial charge in [-0.1, -0.05) is 0 Å². The molecule has 1 heterocycles. The summed E-state index contributed by atoms with van der Waals surface area (Å²) in [4.78, 5) is 14.0. The van der Waals surface area contributed by atoms with Crippen molar-refractivity contribution in [3.05, 3.63) is 0 Å². The van der Waals surface area contributed by atoms with Crippen LogP contribution >= 0.6 is 0 Å². The molecule has 110 valence electrons. The molecule has 1 aliphatic carbocycles. The monoisotopic (exact) mass is 269 g/mol. The Morgan fingerprint density at radius 2 is 2.16 bits per heavy atom. The Balaban J connectivity index is 1.85. The second-order valence-electron chi connectivity index (χ2n) is 6.28. The van der Waals surface area contributed by atoms with E-state index >= 15 is 0 Å². The van der Waals surface area contributed by atoms with Crippen LogP contribution in [0.25, 0.3) is 0 Å². The van der Waals surface area contributed by atoms with Crippen LogP contribution in [0.5, 0.6) is 0 Å². The largest absolute Gasteiger partial charge is 0.377 e. The topological polar surface area (TPSA) is 67.6 Å². The van der Waals surface area contributed by atoms with Crippen molar-refractivity contribution in [2.75, 3.05) is 20.2 Å². The minimum atomic E-state index is -0.585. The first-order valence-electron chi connectivity index (χ1n) is 7.32. The van der Waals surface area contributed by atoms with E-state index in [9.17, 15) is 4.79 Å². The van der Waals surface area contributed by atoms with Crippen molar-refractivity contribution in [2.45, 2.75) is 63.3 Å². The van der Waals surface area contributed by atoms with Gasteiger partial charge in [0.05, 0.1) is 11.6 Å². The van der Waals surface area contributed by atoms with Gasteiger partial charge in [0.15, 0.2) is 0 Å². The Hall–Kier alpha value is -0.650. The number of likely N-dealkylation sites (N-methyl/N-ethyl adjacent to an activating group) is 1. The molecular weight excluding hydrogens is 242 g/mol. The molecule has 3 N–H and O–H groups in total. The van der Waals surface area contributed by atoms with Crippen molar-refractivity contribution >= 4 is 5.91 Å². The summed E-state index contributed by atoms with van der Waals surface area (Å²) < 4.78 is 5.59. The quantitative estimate of drug-likeness (QED) is 0.705. The van der Waals surface area contributed by atoms with E-state index in [1.807, 2.05) is 6.92 Å². The highest BCUT2D eigenvalue weighted by Crippen LogP contribution is 2.25. The van der Waals surface area contributed by atoms with Gasteiger partial charge in [-0.25, -0.2) is 0 Å². The van der Waals surface area contributed by atoms with Crippen LogP contribution in [0.1, 0.15) is 39.5 Å². The molecule has 0 aromatic heterocycles. The van der Waals surface area contributed by atoms with E-state index in [1.165, 1.54) is 0 Å². The Bertz CT molecular complexity index is 333. The zero-order chi connectivity index (χ0) is 14.0. The molecule has 3 atom stereocenters. The summed E-state index contributed by atoms with van der Waals surface area (Å²) in [6, 6.07) is 0.939. The first kappa shape index (κ1) is 14.8. The van der Waals surface area contributed by atoms with E-state index in [1.54, 1.807) is 0 Å². The van der Waals surface area contributed by atoms with Crippen LogP contribution in [0.4, 0.5) is 0 Å². The summed E-state index contributed by atoms with van der Waals surface area (Å²) in [7, 11) is 2.11. The highest BCUT2D eigenvalue weighted by Gasteiger charge is 2.37. The smallest absolute Gasteiger partial charge is 0.237 e. The molecule has 19 heavy (non-hydrogen) atoms. The number of nitrogens with two attached hydrogens (primary N) is 1. The SMILES string of the molecule is CC1OCCC1N(C)CCC(C)(NC1CC1)C(N)=O. The van der Waals surface area contributed by atoms with Crippen LogP contribution < -0.4 is 11.1 Å². The molecule has 0 bridgehead atoms. The summed E-state index contributed by atoms with van der Waals surface area (Å²) in [6.07, 6.45) is 4.42. The summed E-state index contributed by atoms with van der Waals surface area (Å²) in [5.74, 6) is -0.247. The summed E-state index contributed by atoms with van der Waals surface area (Å²) >= 11 is 0. The number of rotatable bonds is 7. The van der Waals surface area contributed by atoms with Gasteiger partial charge in [-0.05, 0) is 46.6 Å². The van der Waals surface area contributed by atoms with E-state index in [0.717, 1.165) is 38.8 Å². The van der Waals surface area contributed by atoms with Crippen LogP contribution in [0.3, 0.4) is 0 Å². The molecule has 2 rings (SSSR count). The molecule has 0 radical (unpaired) electrons. The van der Waals surface area contributed by atoms with Gasteiger partial charge < -0.3 is 20.7 Å².